The number of aromatic nitrogens is 1. The SMILES string of the molecule is CC1CNCCN1c1ccc(C(N)=O)cn1. The minimum Gasteiger partial charge on any atom is -0.366 e. The first kappa shape index (κ1) is 10.9. The summed E-state index contributed by atoms with van der Waals surface area (Å²) in [6.07, 6.45) is 1.53. The Hall–Kier alpha value is -1.62. The molecule has 2 heterocycles. The molecule has 0 saturated carbocycles. The van der Waals surface area contributed by atoms with Gasteiger partial charge in [0, 0.05) is 31.9 Å². The second-order valence-electron chi connectivity index (χ2n) is 4.02. The van der Waals surface area contributed by atoms with Gasteiger partial charge in [0.2, 0.25) is 5.91 Å². The predicted octanol–water partition coefficient (Wildman–Crippen LogP) is -0.0214. The summed E-state index contributed by atoms with van der Waals surface area (Å²) in [7, 11) is 0. The van der Waals surface area contributed by atoms with Crippen LogP contribution >= 0.6 is 0 Å². The molecule has 5 heteroatoms. The Morgan fingerprint density at radius 1 is 1.62 bits per heavy atom. The van der Waals surface area contributed by atoms with Gasteiger partial charge in [-0.15, -0.1) is 0 Å². The van der Waals surface area contributed by atoms with Gasteiger partial charge in [-0.3, -0.25) is 4.79 Å². The molecule has 1 aromatic rings. The minimum atomic E-state index is -0.438. The molecule has 1 aliphatic rings. The number of amides is 1. The van der Waals surface area contributed by atoms with Gasteiger partial charge in [0.15, 0.2) is 0 Å². The van der Waals surface area contributed by atoms with E-state index in [2.05, 4.69) is 22.1 Å². The molecule has 0 aromatic carbocycles. The molecule has 1 aromatic heterocycles. The summed E-state index contributed by atoms with van der Waals surface area (Å²) in [5, 5.41) is 3.32. The maximum absolute atomic E-state index is 10.9. The second kappa shape index (κ2) is 4.49. The first-order valence-electron chi connectivity index (χ1n) is 5.41. The highest BCUT2D eigenvalue weighted by Gasteiger charge is 2.19. The zero-order valence-corrected chi connectivity index (χ0v) is 9.31. The summed E-state index contributed by atoms with van der Waals surface area (Å²) in [6, 6.07) is 3.99. The standard InChI is InChI=1S/C11H16N4O/c1-8-6-13-4-5-15(8)10-3-2-9(7-14-10)11(12)16/h2-3,7-8,13H,4-6H2,1H3,(H2,12,16). The molecule has 3 N–H and O–H groups in total. The van der Waals surface area contributed by atoms with Gasteiger partial charge < -0.3 is 16.0 Å². The number of carbonyl (C=O) groups excluding carboxylic acids is 1. The Kier molecular flexibility index (Phi) is 3.05. The van der Waals surface area contributed by atoms with Gasteiger partial charge in [0.05, 0.1) is 5.56 Å². The van der Waals surface area contributed by atoms with Gasteiger partial charge in [0.25, 0.3) is 0 Å². The molecule has 1 fully saturated rings. The summed E-state index contributed by atoms with van der Waals surface area (Å²) in [4.78, 5) is 17.4. The lowest BCUT2D eigenvalue weighted by Gasteiger charge is -2.34. The number of anilines is 1. The van der Waals surface area contributed by atoms with E-state index in [9.17, 15) is 4.79 Å². The van der Waals surface area contributed by atoms with Crippen LogP contribution in [0.15, 0.2) is 18.3 Å². The molecular weight excluding hydrogens is 204 g/mol. The van der Waals surface area contributed by atoms with E-state index in [-0.39, 0.29) is 0 Å². The van der Waals surface area contributed by atoms with E-state index in [1.54, 1.807) is 6.07 Å². The fourth-order valence-electron chi connectivity index (χ4n) is 1.88. The van der Waals surface area contributed by atoms with Crippen molar-refractivity contribution in [2.24, 2.45) is 5.73 Å². The third-order valence-electron chi connectivity index (χ3n) is 2.83. The van der Waals surface area contributed by atoms with Crippen LogP contribution in [0.4, 0.5) is 5.82 Å². The molecule has 1 saturated heterocycles. The number of pyridine rings is 1. The molecule has 16 heavy (non-hydrogen) atoms. The number of hydrogen-bond donors (Lipinski definition) is 2. The summed E-state index contributed by atoms with van der Waals surface area (Å²) >= 11 is 0. The van der Waals surface area contributed by atoms with Crippen molar-refractivity contribution in [2.75, 3.05) is 24.5 Å². The number of hydrogen-bond acceptors (Lipinski definition) is 4. The van der Waals surface area contributed by atoms with E-state index in [4.69, 9.17) is 5.73 Å². The second-order valence-corrected chi connectivity index (χ2v) is 4.02. The van der Waals surface area contributed by atoms with Crippen molar-refractivity contribution < 1.29 is 4.79 Å². The summed E-state index contributed by atoms with van der Waals surface area (Å²) in [5.41, 5.74) is 5.62. The molecule has 5 nitrogen and oxygen atoms in total. The number of nitrogens with two attached hydrogens (primary N) is 1. The van der Waals surface area contributed by atoms with E-state index in [1.165, 1.54) is 6.20 Å². The van der Waals surface area contributed by atoms with Gasteiger partial charge in [0.1, 0.15) is 5.82 Å². The average Bonchev–Trinajstić information content (AvgIpc) is 2.30. The summed E-state index contributed by atoms with van der Waals surface area (Å²) < 4.78 is 0. The Balaban J connectivity index is 2.17. The number of rotatable bonds is 2. The van der Waals surface area contributed by atoms with Gasteiger partial charge in [-0.2, -0.15) is 0 Å². The lowest BCUT2D eigenvalue weighted by molar-refractivity contribution is 0.1000. The zero-order chi connectivity index (χ0) is 11.5. The molecular formula is C11H16N4O. The highest BCUT2D eigenvalue weighted by molar-refractivity contribution is 5.92. The molecule has 1 atom stereocenters. The number of primary amides is 1. The van der Waals surface area contributed by atoms with Crippen molar-refractivity contribution in [2.45, 2.75) is 13.0 Å². The number of nitrogens with one attached hydrogen (secondary N) is 1. The number of nitrogens with zero attached hydrogens (tertiary/aromatic N) is 2. The van der Waals surface area contributed by atoms with E-state index in [1.807, 2.05) is 6.07 Å². The Morgan fingerprint density at radius 3 is 3.00 bits per heavy atom. The van der Waals surface area contributed by atoms with Crippen molar-refractivity contribution in [3.63, 3.8) is 0 Å². The van der Waals surface area contributed by atoms with Crippen molar-refractivity contribution >= 4 is 11.7 Å². The smallest absolute Gasteiger partial charge is 0.250 e. The quantitative estimate of drug-likeness (QED) is 0.734. The minimum absolute atomic E-state index is 0.417. The van der Waals surface area contributed by atoms with Crippen LogP contribution in [0.3, 0.4) is 0 Å². The highest BCUT2D eigenvalue weighted by atomic mass is 16.1. The molecule has 0 aliphatic carbocycles. The third kappa shape index (κ3) is 2.14. The fraction of sp³-hybridized carbons (Fsp3) is 0.455. The van der Waals surface area contributed by atoms with E-state index in [0.29, 0.717) is 11.6 Å². The largest absolute Gasteiger partial charge is 0.366 e. The lowest BCUT2D eigenvalue weighted by atomic mass is 10.2. The zero-order valence-electron chi connectivity index (χ0n) is 9.31. The van der Waals surface area contributed by atoms with Crippen LogP contribution in [0, 0.1) is 0 Å². The Labute approximate surface area is 94.6 Å². The normalized spacial score (nSPS) is 20.8. The van der Waals surface area contributed by atoms with E-state index < -0.39 is 5.91 Å². The molecule has 0 spiro atoms. The molecule has 0 bridgehead atoms. The van der Waals surface area contributed by atoms with Crippen LogP contribution < -0.4 is 16.0 Å². The van der Waals surface area contributed by atoms with Crippen LogP contribution in [-0.2, 0) is 0 Å². The van der Waals surface area contributed by atoms with Crippen LogP contribution in [0.2, 0.25) is 0 Å². The predicted molar refractivity (Wildman–Crippen MR) is 62.4 cm³/mol. The average molecular weight is 220 g/mol. The van der Waals surface area contributed by atoms with Crippen molar-refractivity contribution in [3.8, 4) is 0 Å². The fourth-order valence-corrected chi connectivity index (χ4v) is 1.88. The Bertz CT molecular complexity index is 376. The molecule has 1 aliphatic heterocycles. The summed E-state index contributed by atoms with van der Waals surface area (Å²) in [5.74, 6) is 0.464. The Morgan fingerprint density at radius 2 is 2.44 bits per heavy atom. The maximum Gasteiger partial charge on any atom is 0.250 e. The maximum atomic E-state index is 10.9. The van der Waals surface area contributed by atoms with Crippen LogP contribution in [0.25, 0.3) is 0 Å². The molecule has 1 amide bonds. The topological polar surface area (TPSA) is 71.2 Å². The van der Waals surface area contributed by atoms with Crippen molar-refractivity contribution in [1.82, 2.24) is 10.3 Å². The molecule has 1 unspecified atom stereocenters. The van der Waals surface area contributed by atoms with Crippen LogP contribution in [-0.4, -0.2) is 36.6 Å². The van der Waals surface area contributed by atoms with Crippen LogP contribution in [0.1, 0.15) is 17.3 Å². The number of carbonyl (C=O) groups is 1. The van der Waals surface area contributed by atoms with Gasteiger partial charge in [-0.05, 0) is 19.1 Å². The molecule has 0 radical (unpaired) electrons. The van der Waals surface area contributed by atoms with Gasteiger partial charge >= 0.3 is 0 Å². The van der Waals surface area contributed by atoms with Crippen molar-refractivity contribution in [1.29, 1.82) is 0 Å². The van der Waals surface area contributed by atoms with Gasteiger partial charge in [-0.1, -0.05) is 0 Å². The van der Waals surface area contributed by atoms with Gasteiger partial charge in [-0.25, -0.2) is 4.98 Å². The van der Waals surface area contributed by atoms with E-state index in [0.717, 1.165) is 25.5 Å². The van der Waals surface area contributed by atoms with Crippen LogP contribution in [0.5, 0.6) is 0 Å². The number of piperazine rings is 1. The van der Waals surface area contributed by atoms with Crippen molar-refractivity contribution in [3.05, 3.63) is 23.9 Å². The molecule has 86 valence electrons. The van der Waals surface area contributed by atoms with E-state index >= 15 is 0 Å². The monoisotopic (exact) mass is 220 g/mol. The first-order chi connectivity index (χ1) is 7.68. The summed E-state index contributed by atoms with van der Waals surface area (Å²) in [6.45, 7) is 5.00. The molecule has 2 rings (SSSR count). The highest BCUT2D eigenvalue weighted by Crippen LogP contribution is 2.15. The first-order valence-corrected chi connectivity index (χ1v) is 5.41. The lowest BCUT2D eigenvalue weighted by Crippen LogP contribution is -2.50. The third-order valence-corrected chi connectivity index (χ3v) is 2.83.